The van der Waals surface area contributed by atoms with E-state index in [4.69, 9.17) is 0 Å². The topological polar surface area (TPSA) is 49.4 Å². The van der Waals surface area contributed by atoms with Crippen LogP contribution in [0.5, 0.6) is 0 Å². The van der Waals surface area contributed by atoms with Crippen molar-refractivity contribution in [3.8, 4) is 0 Å². The van der Waals surface area contributed by atoms with Gasteiger partial charge in [0.25, 0.3) is 5.91 Å². The van der Waals surface area contributed by atoms with Crippen molar-refractivity contribution in [1.29, 1.82) is 0 Å². The number of nitrogens with zero attached hydrogens (tertiary/aromatic N) is 1. The second kappa shape index (κ2) is 6.60. The third kappa shape index (κ3) is 3.46. The van der Waals surface area contributed by atoms with Gasteiger partial charge in [-0.05, 0) is 37.1 Å². The Morgan fingerprint density at radius 2 is 1.86 bits per heavy atom. The Kier molecular flexibility index (Phi) is 4.58. The lowest BCUT2D eigenvalue weighted by atomic mass is 10.0. The van der Waals surface area contributed by atoms with Crippen LogP contribution in [0.3, 0.4) is 0 Å². The van der Waals surface area contributed by atoms with Crippen LogP contribution >= 0.6 is 11.3 Å². The van der Waals surface area contributed by atoms with E-state index in [0.29, 0.717) is 5.91 Å². The summed E-state index contributed by atoms with van der Waals surface area (Å²) in [6.07, 6.45) is 6.26. The van der Waals surface area contributed by atoms with Crippen molar-refractivity contribution in [3.05, 3.63) is 22.4 Å². The summed E-state index contributed by atoms with van der Waals surface area (Å²) in [5, 5.41) is 5.00. The van der Waals surface area contributed by atoms with Gasteiger partial charge in [-0.3, -0.25) is 9.59 Å². The number of carbonyl (C=O) groups excluding carboxylic acids is 2. The number of thiophene rings is 1. The maximum atomic E-state index is 12.4. The van der Waals surface area contributed by atoms with Gasteiger partial charge in [-0.15, -0.1) is 11.3 Å². The van der Waals surface area contributed by atoms with Crippen molar-refractivity contribution in [2.75, 3.05) is 13.1 Å². The lowest BCUT2D eigenvalue weighted by molar-refractivity contribution is -0.136. The number of rotatable bonds is 3. The smallest absolute Gasteiger partial charge is 0.261 e. The number of nitrogens with one attached hydrogen (secondary N) is 1. The average Bonchev–Trinajstić information content (AvgIpc) is 3.20. The van der Waals surface area contributed by atoms with E-state index in [1.165, 1.54) is 24.2 Å². The zero-order chi connectivity index (χ0) is 14.7. The van der Waals surface area contributed by atoms with E-state index >= 15 is 0 Å². The first kappa shape index (κ1) is 14.6. The molecule has 0 bridgehead atoms. The molecule has 3 rings (SSSR count). The summed E-state index contributed by atoms with van der Waals surface area (Å²) in [6, 6.07) is 3.94. The quantitative estimate of drug-likeness (QED) is 0.933. The SMILES string of the molecule is O=C(NC1CCN(C(=O)C2CCCC2)CC1)c1cccs1. The lowest BCUT2D eigenvalue weighted by Crippen LogP contribution is -2.47. The van der Waals surface area contributed by atoms with E-state index in [9.17, 15) is 9.59 Å². The first-order chi connectivity index (χ1) is 10.2. The molecule has 2 fully saturated rings. The molecule has 4 nitrogen and oxygen atoms in total. The Morgan fingerprint density at radius 1 is 1.14 bits per heavy atom. The van der Waals surface area contributed by atoms with Crippen molar-refractivity contribution in [2.24, 2.45) is 5.92 Å². The van der Waals surface area contributed by atoms with Crippen LogP contribution in [0.1, 0.15) is 48.2 Å². The summed E-state index contributed by atoms with van der Waals surface area (Å²) < 4.78 is 0. The second-order valence-corrected chi connectivity index (χ2v) is 6.98. The predicted molar refractivity (Wildman–Crippen MR) is 83.3 cm³/mol. The molecule has 1 aliphatic heterocycles. The zero-order valence-corrected chi connectivity index (χ0v) is 13.0. The highest BCUT2D eigenvalue weighted by Crippen LogP contribution is 2.27. The zero-order valence-electron chi connectivity index (χ0n) is 12.2. The first-order valence-electron chi connectivity index (χ1n) is 7.87. The fraction of sp³-hybridized carbons (Fsp3) is 0.625. The molecule has 0 spiro atoms. The largest absolute Gasteiger partial charge is 0.348 e. The van der Waals surface area contributed by atoms with Crippen molar-refractivity contribution in [3.63, 3.8) is 0 Å². The van der Waals surface area contributed by atoms with Crippen LogP contribution < -0.4 is 5.32 Å². The number of amides is 2. The maximum absolute atomic E-state index is 12.4. The molecule has 1 saturated carbocycles. The normalized spacial score (nSPS) is 20.7. The fourth-order valence-corrected chi connectivity index (χ4v) is 3.97. The molecule has 2 aliphatic rings. The second-order valence-electron chi connectivity index (χ2n) is 6.03. The van der Waals surface area contributed by atoms with Crippen molar-refractivity contribution in [1.82, 2.24) is 10.2 Å². The van der Waals surface area contributed by atoms with Crippen molar-refractivity contribution in [2.45, 2.75) is 44.6 Å². The van der Waals surface area contributed by atoms with E-state index in [1.54, 1.807) is 0 Å². The van der Waals surface area contributed by atoms with Gasteiger partial charge in [0.2, 0.25) is 5.91 Å². The van der Waals surface area contributed by atoms with Crippen LogP contribution in [0.4, 0.5) is 0 Å². The highest BCUT2D eigenvalue weighted by molar-refractivity contribution is 7.12. The Bertz CT molecular complexity index is 486. The Labute approximate surface area is 129 Å². The van der Waals surface area contributed by atoms with Gasteiger partial charge in [-0.25, -0.2) is 0 Å². The third-order valence-corrected chi connectivity index (χ3v) is 5.46. The first-order valence-corrected chi connectivity index (χ1v) is 8.75. The summed E-state index contributed by atoms with van der Waals surface area (Å²) >= 11 is 1.47. The molecular formula is C16H22N2O2S. The highest BCUT2D eigenvalue weighted by Gasteiger charge is 2.30. The predicted octanol–water partition coefficient (Wildman–Crippen LogP) is 2.66. The lowest BCUT2D eigenvalue weighted by Gasteiger charge is -2.33. The minimum Gasteiger partial charge on any atom is -0.348 e. The van der Waals surface area contributed by atoms with Gasteiger partial charge in [0.05, 0.1) is 4.88 Å². The summed E-state index contributed by atoms with van der Waals surface area (Å²) in [6.45, 7) is 1.56. The van der Waals surface area contributed by atoms with Gasteiger partial charge in [-0.2, -0.15) is 0 Å². The van der Waals surface area contributed by atoms with Crippen LogP contribution in [-0.4, -0.2) is 35.8 Å². The van der Waals surface area contributed by atoms with Crippen LogP contribution in [0.25, 0.3) is 0 Å². The molecule has 0 unspecified atom stereocenters. The number of hydrogen-bond donors (Lipinski definition) is 1. The van der Waals surface area contributed by atoms with E-state index in [1.807, 2.05) is 22.4 Å². The molecule has 1 aliphatic carbocycles. The molecule has 114 valence electrons. The monoisotopic (exact) mass is 306 g/mol. The number of carbonyl (C=O) groups is 2. The van der Waals surface area contributed by atoms with E-state index in [2.05, 4.69) is 5.32 Å². The molecule has 2 heterocycles. The molecule has 1 N–H and O–H groups in total. The Balaban J connectivity index is 1.46. The van der Waals surface area contributed by atoms with Crippen LogP contribution in [0.2, 0.25) is 0 Å². The summed E-state index contributed by atoms with van der Waals surface area (Å²) in [7, 11) is 0. The van der Waals surface area contributed by atoms with Crippen molar-refractivity contribution >= 4 is 23.2 Å². The van der Waals surface area contributed by atoms with Gasteiger partial charge in [0, 0.05) is 25.0 Å². The van der Waals surface area contributed by atoms with Gasteiger partial charge in [-0.1, -0.05) is 18.9 Å². The minimum absolute atomic E-state index is 0.0190. The third-order valence-electron chi connectivity index (χ3n) is 4.59. The molecule has 5 heteroatoms. The summed E-state index contributed by atoms with van der Waals surface area (Å²) in [5.41, 5.74) is 0. The molecule has 21 heavy (non-hydrogen) atoms. The molecule has 1 saturated heterocycles. The standard InChI is InChI=1S/C16H22N2O2S/c19-15(14-6-3-11-21-14)17-13-7-9-18(10-8-13)16(20)12-4-1-2-5-12/h3,6,11-13H,1-2,4-5,7-10H2,(H,17,19). The molecular weight excluding hydrogens is 284 g/mol. The number of likely N-dealkylation sites (tertiary alicyclic amines) is 1. The number of hydrogen-bond acceptors (Lipinski definition) is 3. The van der Waals surface area contributed by atoms with E-state index in [-0.39, 0.29) is 17.9 Å². The molecule has 2 amide bonds. The Morgan fingerprint density at radius 3 is 2.48 bits per heavy atom. The summed E-state index contributed by atoms with van der Waals surface area (Å²) in [4.78, 5) is 27.1. The van der Waals surface area contributed by atoms with E-state index < -0.39 is 0 Å². The molecule has 0 aromatic carbocycles. The molecule has 0 radical (unpaired) electrons. The molecule has 1 aromatic rings. The van der Waals surface area contributed by atoms with Crippen molar-refractivity contribution < 1.29 is 9.59 Å². The average molecular weight is 306 g/mol. The number of piperidine rings is 1. The molecule has 0 atom stereocenters. The van der Waals surface area contributed by atoms with Crippen LogP contribution in [0, 0.1) is 5.92 Å². The highest BCUT2D eigenvalue weighted by atomic mass is 32.1. The van der Waals surface area contributed by atoms with Crippen LogP contribution in [0.15, 0.2) is 17.5 Å². The summed E-state index contributed by atoms with van der Waals surface area (Å²) in [5.74, 6) is 0.628. The maximum Gasteiger partial charge on any atom is 0.261 e. The van der Waals surface area contributed by atoms with Gasteiger partial charge in [0.15, 0.2) is 0 Å². The fourth-order valence-electron chi connectivity index (χ4n) is 3.34. The van der Waals surface area contributed by atoms with Gasteiger partial charge < -0.3 is 10.2 Å². The Hall–Kier alpha value is -1.36. The minimum atomic E-state index is 0.0190. The van der Waals surface area contributed by atoms with Gasteiger partial charge >= 0.3 is 0 Å². The van der Waals surface area contributed by atoms with E-state index in [0.717, 1.165) is 43.6 Å². The molecule has 1 aromatic heterocycles. The van der Waals surface area contributed by atoms with Crippen LogP contribution in [-0.2, 0) is 4.79 Å². The van der Waals surface area contributed by atoms with Gasteiger partial charge in [0.1, 0.15) is 0 Å².